The molecule has 6 heteroatoms. The summed E-state index contributed by atoms with van der Waals surface area (Å²) >= 11 is 0. The SMILES string of the molecule is CCCCCCC/C=C\C/C=C\C/C=C\CCCCCCCCCCCCCCCCCCCCC(=O)OCC(COC(=O)CCCCCCCCCCCCCCC)OC(=O)CCCCCCCCCCCCCCCCCC. The quantitative estimate of drug-likeness (QED) is 0.0261. The van der Waals surface area contributed by atoms with Crippen molar-refractivity contribution in [2.24, 2.45) is 0 Å². The normalized spacial score (nSPS) is 12.2. The van der Waals surface area contributed by atoms with Crippen molar-refractivity contribution in [1.82, 2.24) is 0 Å². The molecule has 0 spiro atoms. The van der Waals surface area contributed by atoms with E-state index in [1.165, 1.54) is 289 Å². The summed E-state index contributed by atoms with van der Waals surface area (Å²) in [6, 6.07) is 0. The van der Waals surface area contributed by atoms with Gasteiger partial charge in [0.25, 0.3) is 0 Å². The van der Waals surface area contributed by atoms with Gasteiger partial charge in [-0.3, -0.25) is 14.4 Å². The summed E-state index contributed by atoms with van der Waals surface area (Å²) in [6.45, 7) is 6.70. The Morgan fingerprint density at radius 1 is 0.250 bits per heavy atom. The van der Waals surface area contributed by atoms with Gasteiger partial charge in [-0.15, -0.1) is 0 Å². The monoisotopic (exact) mass is 1120 g/mol. The van der Waals surface area contributed by atoms with Gasteiger partial charge in [-0.25, -0.2) is 0 Å². The molecular formula is C74H138O6. The van der Waals surface area contributed by atoms with Crippen LogP contribution in [-0.2, 0) is 28.6 Å². The van der Waals surface area contributed by atoms with Crippen LogP contribution < -0.4 is 0 Å². The van der Waals surface area contributed by atoms with Crippen LogP contribution in [0.1, 0.15) is 400 Å². The first-order valence-electron chi connectivity index (χ1n) is 36.0. The highest BCUT2D eigenvalue weighted by atomic mass is 16.6. The zero-order valence-electron chi connectivity index (χ0n) is 54.1. The Bertz CT molecular complexity index is 1340. The van der Waals surface area contributed by atoms with E-state index in [4.69, 9.17) is 14.2 Å². The van der Waals surface area contributed by atoms with Gasteiger partial charge in [0.05, 0.1) is 0 Å². The number of rotatable bonds is 67. The van der Waals surface area contributed by atoms with E-state index in [0.29, 0.717) is 19.3 Å². The van der Waals surface area contributed by atoms with Crippen molar-refractivity contribution in [3.8, 4) is 0 Å². The number of hydrogen-bond acceptors (Lipinski definition) is 6. The van der Waals surface area contributed by atoms with Crippen LogP contribution in [0.3, 0.4) is 0 Å². The molecule has 6 nitrogen and oxygen atoms in total. The first kappa shape index (κ1) is 77.6. The van der Waals surface area contributed by atoms with E-state index in [1.54, 1.807) is 0 Å². The predicted molar refractivity (Wildman–Crippen MR) is 349 cm³/mol. The second kappa shape index (κ2) is 69.1. The van der Waals surface area contributed by atoms with E-state index < -0.39 is 6.10 Å². The lowest BCUT2D eigenvalue weighted by Gasteiger charge is -2.18. The van der Waals surface area contributed by atoms with Crippen LogP contribution in [0.2, 0.25) is 0 Å². The Morgan fingerprint density at radius 2 is 0.450 bits per heavy atom. The zero-order chi connectivity index (χ0) is 57.8. The predicted octanol–water partition coefficient (Wildman–Crippen LogP) is 24.7. The average molecular weight is 1120 g/mol. The maximum absolute atomic E-state index is 12.9. The molecule has 0 aromatic carbocycles. The van der Waals surface area contributed by atoms with Crippen molar-refractivity contribution >= 4 is 17.9 Å². The number of hydrogen-bond donors (Lipinski definition) is 0. The summed E-state index contributed by atoms with van der Waals surface area (Å²) in [5.74, 6) is -0.832. The fraction of sp³-hybridized carbons (Fsp3) is 0.878. The molecule has 0 saturated heterocycles. The largest absolute Gasteiger partial charge is 0.462 e. The van der Waals surface area contributed by atoms with Crippen molar-refractivity contribution in [3.05, 3.63) is 36.5 Å². The lowest BCUT2D eigenvalue weighted by Crippen LogP contribution is -2.30. The second-order valence-corrected chi connectivity index (χ2v) is 24.5. The van der Waals surface area contributed by atoms with Crippen LogP contribution in [-0.4, -0.2) is 37.2 Å². The first-order chi connectivity index (χ1) is 39.5. The number of carbonyl (C=O) groups is 3. The second-order valence-electron chi connectivity index (χ2n) is 24.5. The smallest absolute Gasteiger partial charge is 0.306 e. The summed E-state index contributed by atoms with van der Waals surface area (Å²) in [6.07, 6.45) is 86.1. The minimum absolute atomic E-state index is 0.0641. The maximum atomic E-state index is 12.9. The molecular weight excluding hydrogens is 985 g/mol. The highest BCUT2D eigenvalue weighted by Crippen LogP contribution is 2.19. The van der Waals surface area contributed by atoms with Crippen LogP contribution in [0.4, 0.5) is 0 Å². The van der Waals surface area contributed by atoms with Crippen molar-refractivity contribution < 1.29 is 28.6 Å². The number of unbranched alkanes of at least 4 members (excludes halogenated alkanes) is 50. The van der Waals surface area contributed by atoms with Gasteiger partial charge >= 0.3 is 17.9 Å². The van der Waals surface area contributed by atoms with E-state index in [1.807, 2.05) is 0 Å². The van der Waals surface area contributed by atoms with E-state index >= 15 is 0 Å². The summed E-state index contributed by atoms with van der Waals surface area (Å²) < 4.78 is 17.0. The number of ether oxygens (including phenoxy) is 3. The van der Waals surface area contributed by atoms with E-state index in [2.05, 4.69) is 57.2 Å². The van der Waals surface area contributed by atoms with Crippen molar-refractivity contribution in [3.63, 3.8) is 0 Å². The Balaban J connectivity index is 4.10. The number of allylic oxidation sites excluding steroid dienone is 6. The van der Waals surface area contributed by atoms with Gasteiger partial charge in [-0.05, 0) is 57.8 Å². The molecule has 0 aliphatic heterocycles. The fourth-order valence-electron chi connectivity index (χ4n) is 11.0. The lowest BCUT2D eigenvalue weighted by atomic mass is 10.0. The molecule has 0 aromatic heterocycles. The van der Waals surface area contributed by atoms with Gasteiger partial charge in [0.2, 0.25) is 0 Å². The van der Waals surface area contributed by atoms with E-state index in [-0.39, 0.29) is 31.1 Å². The Morgan fingerprint density at radius 3 is 0.700 bits per heavy atom. The topological polar surface area (TPSA) is 78.9 Å². The molecule has 1 unspecified atom stereocenters. The number of carbonyl (C=O) groups excluding carboxylic acids is 3. The fourth-order valence-corrected chi connectivity index (χ4v) is 11.0. The molecule has 0 saturated carbocycles. The highest BCUT2D eigenvalue weighted by molar-refractivity contribution is 5.71. The van der Waals surface area contributed by atoms with Gasteiger partial charge < -0.3 is 14.2 Å². The molecule has 0 bridgehead atoms. The molecule has 0 aliphatic rings. The molecule has 80 heavy (non-hydrogen) atoms. The van der Waals surface area contributed by atoms with Crippen LogP contribution >= 0.6 is 0 Å². The third kappa shape index (κ3) is 66.4. The summed E-state index contributed by atoms with van der Waals surface area (Å²) in [4.78, 5) is 38.4. The molecule has 0 fully saturated rings. The molecule has 0 rings (SSSR count). The third-order valence-corrected chi connectivity index (χ3v) is 16.4. The Kier molecular flexibility index (Phi) is 67.1. The average Bonchev–Trinajstić information content (AvgIpc) is 3.46. The van der Waals surface area contributed by atoms with Crippen molar-refractivity contribution in [2.45, 2.75) is 406 Å². The molecule has 0 radical (unpaired) electrons. The molecule has 0 amide bonds. The number of esters is 3. The van der Waals surface area contributed by atoms with E-state index in [9.17, 15) is 14.4 Å². The standard InChI is InChI=1S/C74H138O6/c1-4-7-10-13-16-19-22-25-27-29-30-31-32-33-34-35-36-37-38-39-40-41-42-43-44-45-47-49-52-55-58-61-64-67-73(76)79-70-71(69-78-72(75)66-63-60-57-54-51-48-24-21-18-15-12-9-6-3)80-74(77)68-65-62-59-56-53-50-46-28-26-23-20-17-14-11-8-5-2/h22,25,29-30,32-33,71H,4-21,23-24,26-28,31,34-70H2,1-3H3/b25-22-,30-29-,33-32-. The summed E-state index contributed by atoms with van der Waals surface area (Å²) in [5.41, 5.74) is 0. The molecule has 0 N–H and O–H groups in total. The van der Waals surface area contributed by atoms with Crippen LogP contribution in [0.5, 0.6) is 0 Å². The minimum atomic E-state index is -0.767. The van der Waals surface area contributed by atoms with Crippen molar-refractivity contribution in [2.75, 3.05) is 13.2 Å². The zero-order valence-corrected chi connectivity index (χ0v) is 54.1. The summed E-state index contributed by atoms with van der Waals surface area (Å²) in [7, 11) is 0. The summed E-state index contributed by atoms with van der Waals surface area (Å²) in [5, 5.41) is 0. The van der Waals surface area contributed by atoms with Gasteiger partial charge in [0.15, 0.2) is 6.10 Å². The van der Waals surface area contributed by atoms with Gasteiger partial charge in [0.1, 0.15) is 13.2 Å². The molecule has 1 atom stereocenters. The van der Waals surface area contributed by atoms with Crippen LogP contribution in [0.15, 0.2) is 36.5 Å². The highest BCUT2D eigenvalue weighted by Gasteiger charge is 2.19. The molecule has 470 valence electrons. The van der Waals surface area contributed by atoms with Crippen LogP contribution in [0, 0.1) is 0 Å². The van der Waals surface area contributed by atoms with Gasteiger partial charge in [-0.2, -0.15) is 0 Å². The lowest BCUT2D eigenvalue weighted by molar-refractivity contribution is -0.167. The molecule has 0 aliphatic carbocycles. The molecule has 0 heterocycles. The van der Waals surface area contributed by atoms with E-state index in [0.717, 1.165) is 70.6 Å². The third-order valence-electron chi connectivity index (χ3n) is 16.4. The van der Waals surface area contributed by atoms with Crippen molar-refractivity contribution in [1.29, 1.82) is 0 Å². The minimum Gasteiger partial charge on any atom is -0.462 e. The van der Waals surface area contributed by atoms with Gasteiger partial charge in [0, 0.05) is 19.3 Å². The Labute approximate surface area is 499 Å². The first-order valence-corrected chi connectivity index (χ1v) is 36.0. The van der Waals surface area contributed by atoms with Gasteiger partial charge in [-0.1, -0.05) is 359 Å². The maximum Gasteiger partial charge on any atom is 0.306 e. The van der Waals surface area contributed by atoms with Crippen LogP contribution in [0.25, 0.3) is 0 Å². The molecule has 0 aromatic rings. The Hall–Kier alpha value is -2.37.